The molecule has 3 rings (SSSR count). The molecule has 0 saturated carbocycles. The lowest BCUT2D eigenvalue weighted by Gasteiger charge is -2.26. The molecule has 2 aliphatic rings. The molecular formula is C15H20O5. The van der Waals surface area contributed by atoms with Crippen LogP contribution in [0.5, 0.6) is 0 Å². The highest BCUT2D eigenvalue weighted by atomic mass is 16.8. The smallest absolute Gasteiger partial charge is 0.164 e. The number of ether oxygens (including phenoxy) is 3. The van der Waals surface area contributed by atoms with Crippen molar-refractivity contribution in [3.63, 3.8) is 0 Å². The van der Waals surface area contributed by atoms with E-state index in [9.17, 15) is 10.2 Å². The summed E-state index contributed by atoms with van der Waals surface area (Å²) < 4.78 is 17.7. The molecule has 5 atom stereocenters. The fraction of sp³-hybridized carbons (Fsp3) is 0.600. The van der Waals surface area contributed by atoms with E-state index >= 15 is 0 Å². The maximum atomic E-state index is 9.93. The zero-order chi connectivity index (χ0) is 14.3. The van der Waals surface area contributed by atoms with E-state index in [0.717, 1.165) is 5.56 Å². The molecule has 0 aliphatic carbocycles. The van der Waals surface area contributed by atoms with E-state index < -0.39 is 18.0 Å². The second kappa shape index (κ2) is 5.09. The Kier molecular flexibility index (Phi) is 3.56. The monoisotopic (exact) mass is 280 g/mol. The molecule has 0 bridgehead atoms. The zero-order valence-electron chi connectivity index (χ0n) is 11.6. The lowest BCUT2D eigenvalue weighted by molar-refractivity contribution is -0.200. The van der Waals surface area contributed by atoms with E-state index in [2.05, 4.69) is 0 Å². The first kappa shape index (κ1) is 14.0. The molecule has 5 heteroatoms. The first-order valence-electron chi connectivity index (χ1n) is 6.87. The van der Waals surface area contributed by atoms with Gasteiger partial charge in [0.25, 0.3) is 0 Å². The second-order valence-electron chi connectivity index (χ2n) is 5.75. The Morgan fingerprint density at radius 1 is 1.15 bits per heavy atom. The van der Waals surface area contributed by atoms with Crippen LogP contribution in [0.15, 0.2) is 30.3 Å². The number of benzene rings is 1. The third-order valence-corrected chi connectivity index (χ3v) is 3.78. The standard InChI is InChI=1S/C15H20O5/c1-15(2)19-13-11(9-6-4-3-5-7-9)18-12(10(17)8-16)14(13)20-15/h3-7,10-14,16-17H,8H2,1-2H3/t10-,11-,12-,13-,14+/m1/s1. The zero-order valence-corrected chi connectivity index (χ0v) is 11.6. The van der Waals surface area contributed by atoms with Crippen molar-refractivity contribution in [2.45, 2.75) is 50.2 Å². The van der Waals surface area contributed by atoms with E-state index in [1.165, 1.54) is 0 Å². The number of aliphatic hydroxyl groups is 2. The van der Waals surface area contributed by atoms with Gasteiger partial charge in [-0.25, -0.2) is 0 Å². The van der Waals surface area contributed by atoms with Crippen LogP contribution in [0.3, 0.4) is 0 Å². The quantitative estimate of drug-likeness (QED) is 0.864. The summed E-state index contributed by atoms with van der Waals surface area (Å²) in [6.45, 7) is 3.32. The van der Waals surface area contributed by atoms with Crippen LogP contribution in [0.1, 0.15) is 25.5 Å². The third kappa shape index (κ3) is 2.36. The molecule has 1 aromatic carbocycles. The van der Waals surface area contributed by atoms with E-state index in [1.807, 2.05) is 44.2 Å². The molecule has 2 fully saturated rings. The van der Waals surface area contributed by atoms with Crippen LogP contribution >= 0.6 is 0 Å². The summed E-state index contributed by atoms with van der Waals surface area (Å²) >= 11 is 0. The maximum Gasteiger partial charge on any atom is 0.164 e. The molecule has 20 heavy (non-hydrogen) atoms. The summed E-state index contributed by atoms with van der Waals surface area (Å²) in [5.41, 5.74) is 0.983. The number of rotatable bonds is 3. The van der Waals surface area contributed by atoms with E-state index in [0.29, 0.717) is 0 Å². The van der Waals surface area contributed by atoms with Crippen LogP contribution < -0.4 is 0 Å². The van der Waals surface area contributed by atoms with Gasteiger partial charge in [-0.1, -0.05) is 30.3 Å². The van der Waals surface area contributed by atoms with Crippen molar-refractivity contribution in [2.75, 3.05) is 6.61 Å². The molecule has 2 N–H and O–H groups in total. The van der Waals surface area contributed by atoms with Crippen molar-refractivity contribution in [1.29, 1.82) is 0 Å². The highest BCUT2D eigenvalue weighted by Crippen LogP contribution is 2.45. The van der Waals surface area contributed by atoms with Crippen molar-refractivity contribution >= 4 is 0 Å². The molecule has 5 nitrogen and oxygen atoms in total. The Hall–Kier alpha value is -0.980. The molecular weight excluding hydrogens is 260 g/mol. The maximum absolute atomic E-state index is 9.93. The fourth-order valence-electron chi connectivity index (χ4n) is 2.95. The molecule has 2 heterocycles. The highest BCUT2D eigenvalue weighted by molar-refractivity contribution is 5.22. The predicted octanol–water partition coefficient (Wildman–Crippen LogP) is 1.000. The highest BCUT2D eigenvalue weighted by Gasteiger charge is 2.57. The summed E-state index contributed by atoms with van der Waals surface area (Å²) in [4.78, 5) is 0. The molecule has 0 amide bonds. The number of hydrogen-bond acceptors (Lipinski definition) is 5. The normalized spacial score (nSPS) is 36.8. The van der Waals surface area contributed by atoms with Crippen molar-refractivity contribution < 1.29 is 24.4 Å². The van der Waals surface area contributed by atoms with E-state index in [-0.39, 0.29) is 24.9 Å². The summed E-state index contributed by atoms with van der Waals surface area (Å²) in [5.74, 6) is -0.709. The van der Waals surface area contributed by atoms with Gasteiger partial charge in [0, 0.05) is 0 Å². The van der Waals surface area contributed by atoms with Gasteiger partial charge in [0.2, 0.25) is 0 Å². The minimum atomic E-state index is -0.978. The third-order valence-electron chi connectivity index (χ3n) is 3.78. The van der Waals surface area contributed by atoms with Gasteiger partial charge in [0.15, 0.2) is 5.79 Å². The van der Waals surface area contributed by atoms with Crippen molar-refractivity contribution in [1.82, 2.24) is 0 Å². The Morgan fingerprint density at radius 2 is 1.80 bits per heavy atom. The van der Waals surface area contributed by atoms with Gasteiger partial charge in [-0.15, -0.1) is 0 Å². The average molecular weight is 280 g/mol. The van der Waals surface area contributed by atoms with Gasteiger partial charge in [-0.2, -0.15) is 0 Å². The lowest BCUT2D eigenvalue weighted by Crippen LogP contribution is -2.40. The van der Waals surface area contributed by atoms with Gasteiger partial charge in [0.05, 0.1) is 6.61 Å². The topological polar surface area (TPSA) is 68.2 Å². The molecule has 0 spiro atoms. The number of hydrogen-bond donors (Lipinski definition) is 2. The summed E-state index contributed by atoms with van der Waals surface area (Å²) in [7, 11) is 0. The Balaban J connectivity index is 1.89. The van der Waals surface area contributed by atoms with Gasteiger partial charge in [-0.3, -0.25) is 0 Å². The van der Waals surface area contributed by atoms with Crippen LogP contribution in [-0.2, 0) is 14.2 Å². The van der Waals surface area contributed by atoms with Gasteiger partial charge >= 0.3 is 0 Å². The Morgan fingerprint density at radius 3 is 2.45 bits per heavy atom. The van der Waals surface area contributed by atoms with Gasteiger partial charge in [-0.05, 0) is 19.4 Å². The molecule has 1 aromatic rings. The van der Waals surface area contributed by atoms with Crippen LogP contribution in [0.25, 0.3) is 0 Å². The molecule has 0 unspecified atom stereocenters. The minimum absolute atomic E-state index is 0.279. The first-order valence-corrected chi connectivity index (χ1v) is 6.87. The average Bonchev–Trinajstić information content (AvgIpc) is 2.92. The van der Waals surface area contributed by atoms with Gasteiger partial charge in [0.1, 0.15) is 30.5 Å². The summed E-state index contributed by atoms with van der Waals surface area (Å²) in [5, 5.41) is 19.1. The van der Waals surface area contributed by atoms with Crippen molar-refractivity contribution in [3.05, 3.63) is 35.9 Å². The number of aliphatic hydroxyl groups excluding tert-OH is 2. The first-order chi connectivity index (χ1) is 9.52. The molecule has 110 valence electrons. The Bertz CT molecular complexity index is 461. The summed E-state index contributed by atoms with van der Waals surface area (Å²) in [6.07, 6.45) is -2.52. The molecule has 2 aliphatic heterocycles. The summed E-state index contributed by atoms with van der Waals surface area (Å²) in [6, 6.07) is 9.73. The second-order valence-corrected chi connectivity index (χ2v) is 5.75. The van der Waals surface area contributed by atoms with Crippen LogP contribution in [0, 0.1) is 0 Å². The molecule has 0 aromatic heterocycles. The predicted molar refractivity (Wildman–Crippen MR) is 71.0 cm³/mol. The fourth-order valence-corrected chi connectivity index (χ4v) is 2.95. The van der Waals surface area contributed by atoms with Crippen molar-refractivity contribution in [3.8, 4) is 0 Å². The van der Waals surface area contributed by atoms with E-state index in [4.69, 9.17) is 14.2 Å². The molecule has 0 radical (unpaired) electrons. The lowest BCUT2D eigenvalue weighted by atomic mass is 10.00. The Labute approximate surface area is 118 Å². The van der Waals surface area contributed by atoms with Crippen LogP contribution in [0.2, 0.25) is 0 Å². The van der Waals surface area contributed by atoms with E-state index in [1.54, 1.807) is 0 Å². The van der Waals surface area contributed by atoms with Gasteiger partial charge < -0.3 is 24.4 Å². The number of fused-ring (bicyclic) bond motifs is 1. The SMILES string of the molecule is CC1(C)O[C@H]2[C@@H]([C@H](O)CO)O[C@H](c3ccccc3)[C@H]2O1. The molecule has 2 saturated heterocycles. The van der Waals surface area contributed by atoms with Crippen LogP contribution in [-0.4, -0.2) is 47.0 Å². The van der Waals surface area contributed by atoms with Crippen molar-refractivity contribution in [2.24, 2.45) is 0 Å². The minimum Gasteiger partial charge on any atom is -0.394 e. The van der Waals surface area contributed by atoms with Crippen LogP contribution in [0.4, 0.5) is 0 Å². The largest absolute Gasteiger partial charge is 0.394 e.